The van der Waals surface area contributed by atoms with E-state index in [4.69, 9.17) is 5.11 Å². The Bertz CT molecular complexity index is 114. The molecule has 0 saturated carbocycles. The molecule has 2 nitrogen and oxygen atoms in total. The first kappa shape index (κ1) is 7.76. The molecule has 0 aliphatic carbocycles. The Morgan fingerprint density at radius 2 is 2.10 bits per heavy atom. The molecule has 0 aromatic heterocycles. The molecule has 0 radical (unpaired) electrons. The Balaban J connectivity index is 2.21. The van der Waals surface area contributed by atoms with Crippen molar-refractivity contribution in [2.75, 3.05) is 19.7 Å². The molecular formula is C8H15NO. The second kappa shape index (κ2) is 3.74. The maximum Gasteiger partial charge on any atom is 0.0445 e. The van der Waals surface area contributed by atoms with Gasteiger partial charge in [0, 0.05) is 25.7 Å². The summed E-state index contributed by atoms with van der Waals surface area (Å²) in [7, 11) is 0. The van der Waals surface area contributed by atoms with E-state index >= 15 is 0 Å². The first-order valence-electron chi connectivity index (χ1n) is 3.84. The lowest BCUT2D eigenvalue weighted by Gasteiger charge is -2.22. The van der Waals surface area contributed by atoms with Gasteiger partial charge in [-0.15, -0.1) is 0 Å². The summed E-state index contributed by atoms with van der Waals surface area (Å²) < 4.78 is 0. The second-order valence-electron chi connectivity index (χ2n) is 2.79. The van der Waals surface area contributed by atoms with Gasteiger partial charge in [-0.1, -0.05) is 12.2 Å². The van der Waals surface area contributed by atoms with Crippen molar-refractivity contribution in [2.45, 2.75) is 19.4 Å². The lowest BCUT2D eigenvalue weighted by atomic mass is 10.2. The average Bonchev–Trinajstić information content (AvgIpc) is 2.38. The molecular weight excluding hydrogens is 126 g/mol. The average molecular weight is 141 g/mol. The molecule has 0 fully saturated rings. The first-order chi connectivity index (χ1) is 4.84. The molecule has 0 bridgehead atoms. The van der Waals surface area contributed by atoms with Crippen molar-refractivity contribution < 1.29 is 5.11 Å². The molecule has 0 spiro atoms. The van der Waals surface area contributed by atoms with Gasteiger partial charge in [-0.05, 0) is 13.3 Å². The number of aliphatic hydroxyl groups is 1. The number of nitrogens with zero attached hydrogens (tertiary/aromatic N) is 1. The molecule has 2 heteroatoms. The van der Waals surface area contributed by atoms with E-state index in [2.05, 4.69) is 24.0 Å². The predicted octanol–water partition coefficient (Wildman–Crippen LogP) is 0.629. The lowest BCUT2D eigenvalue weighted by molar-refractivity contribution is 0.201. The minimum absolute atomic E-state index is 0.303. The van der Waals surface area contributed by atoms with E-state index in [1.54, 1.807) is 0 Å². The van der Waals surface area contributed by atoms with E-state index in [1.165, 1.54) is 0 Å². The van der Waals surface area contributed by atoms with Gasteiger partial charge in [0.15, 0.2) is 0 Å². The Kier molecular flexibility index (Phi) is 2.90. The summed E-state index contributed by atoms with van der Waals surface area (Å²) in [5.41, 5.74) is 0. The summed E-state index contributed by atoms with van der Waals surface area (Å²) in [6.45, 7) is 4.57. The van der Waals surface area contributed by atoms with Crippen molar-refractivity contribution in [2.24, 2.45) is 0 Å². The molecule has 0 saturated heterocycles. The zero-order valence-corrected chi connectivity index (χ0v) is 6.45. The zero-order chi connectivity index (χ0) is 7.40. The van der Waals surface area contributed by atoms with Gasteiger partial charge in [0.1, 0.15) is 0 Å². The molecule has 0 amide bonds. The van der Waals surface area contributed by atoms with E-state index in [-0.39, 0.29) is 0 Å². The molecule has 1 rings (SSSR count). The molecule has 58 valence electrons. The van der Waals surface area contributed by atoms with Crippen molar-refractivity contribution in [3.05, 3.63) is 12.2 Å². The van der Waals surface area contributed by atoms with E-state index in [9.17, 15) is 0 Å². The highest BCUT2D eigenvalue weighted by molar-refractivity contribution is 4.96. The van der Waals surface area contributed by atoms with Crippen LogP contribution in [0.4, 0.5) is 0 Å². The molecule has 1 heterocycles. The fourth-order valence-electron chi connectivity index (χ4n) is 1.22. The highest BCUT2D eigenvalue weighted by Gasteiger charge is 2.12. The topological polar surface area (TPSA) is 23.5 Å². The van der Waals surface area contributed by atoms with Crippen molar-refractivity contribution in [3.8, 4) is 0 Å². The van der Waals surface area contributed by atoms with Crippen LogP contribution in [0.2, 0.25) is 0 Å². The zero-order valence-electron chi connectivity index (χ0n) is 6.45. The molecule has 1 aliphatic rings. The van der Waals surface area contributed by atoms with Crippen LogP contribution in [-0.4, -0.2) is 35.7 Å². The van der Waals surface area contributed by atoms with Crippen LogP contribution in [0.3, 0.4) is 0 Å². The third-order valence-corrected chi connectivity index (χ3v) is 2.02. The van der Waals surface area contributed by atoms with Crippen molar-refractivity contribution in [1.29, 1.82) is 0 Å². The van der Waals surface area contributed by atoms with E-state index in [0.717, 1.165) is 19.5 Å². The van der Waals surface area contributed by atoms with Crippen molar-refractivity contribution >= 4 is 0 Å². The monoisotopic (exact) mass is 141 g/mol. The van der Waals surface area contributed by atoms with Crippen LogP contribution in [0.25, 0.3) is 0 Å². The Hall–Kier alpha value is -0.340. The molecule has 1 unspecified atom stereocenters. The minimum atomic E-state index is 0.303. The standard InChI is InChI=1S/C8H15NO/c1-8(4-7-10)9-5-2-3-6-9/h2-3,8,10H,4-7H2,1H3. The van der Waals surface area contributed by atoms with Crippen LogP contribution in [0.1, 0.15) is 13.3 Å². The fourth-order valence-corrected chi connectivity index (χ4v) is 1.22. The summed E-state index contributed by atoms with van der Waals surface area (Å²) in [5, 5.41) is 8.65. The van der Waals surface area contributed by atoms with Gasteiger partial charge in [0.2, 0.25) is 0 Å². The lowest BCUT2D eigenvalue weighted by Crippen LogP contribution is -2.31. The van der Waals surface area contributed by atoms with Gasteiger partial charge in [-0.3, -0.25) is 4.90 Å². The maximum absolute atomic E-state index is 8.65. The third-order valence-electron chi connectivity index (χ3n) is 2.02. The van der Waals surface area contributed by atoms with Gasteiger partial charge < -0.3 is 5.11 Å². The summed E-state index contributed by atoms with van der Waals surface area (Å²) in [5.74, 6) is 0. The number of aliphatic hydroxyl groups excluding tert-OH is 1. The highest BCUT2D eigenvalue weighted by atomic mass is 16.3. The number of hydrogen-bond donors (Lipinski definition) is 1. The van der Waals surface area contributed by atoms with Crippen LogP contribution in [0.5, 0.6) is 0 Å². The van der Waals surface area contributed by atoms with Gasteiger partial charge >= 0.3 is 0 Å². The minimum Gasteiger partial charge on any atom is -0.396 e. The van der Waals surface area contributed by atoms with Gasteiger partial charge in [0.05, 0.1) is 0 Å². The van der Waals surface area contributed by atoms with Crippen LogP contribution >= 0.6 is 0 Å². The Morgan fingerprint density at radius 3 is 2.60 bits per heavy atom. The molecule has 0 aromatic rings. The summed E-state index contributed by atoms with van der Waals surface area (Å²) >= 11 is 0. The Labute approximate surface area is 62.2 Å². The van der Waals surface area contributed by atoms with E-state index in [0.29, 0.717) is 12.6 Å². The van der Waals surface area contributed by atoms with Gasteiger partial charge in [0.25, 0.3) is 0 Å². The smallest absolute Gasteiger partial charge is 0.0445 e. The second-order valence-corrected chi connectivity index (χ2v) is 2.79. The van der Waals surface area contributed by atoms with Crippen LogP contribution in [0, 0.1) is 0 Å². The molecule has 0 aromatic carbocycles. The maximum atomic E-state index is 8.65. The van der Waals surface area contributed by atoms with Crippen LogP contribution < -0.4 is 0 Å². The molecule has 1 N–H and O–H groups in total. The quantitative estimate of drug-likeness (QED) is 0.583. The summed E-state index contributed by atoms with van der Waals surface area (Å²) in [4.78, 5) is 2.34. The van der Waals surface area contributed by atoms with Crippen molar-refractivity contribution in [3.63, 3.8) is 0 Å². The SMILES string of the molecule is CC(CCO)N1CC=CC1. The summed E-state index contributed by atoms with van der Waals surface area (Å²) in [6, 6.07) is 0.528. The van der Waals surface area contributed by atoms with Crippen LogP contribution in [0.15, 0.2) is 12.2 Å². The molecule has 1 atom stereocenters. The van der Waals surface area contributed by atoms with E-state index in [1.807, 2.05) is 0 Å². The van der Waals surface area contributed by atoms with Crippen molar-refractivity contribution in [1.82, 2.24) is 4.90 Å². The normalized spacial score (nSPS) is 21.8. The summed E-state index contributed by atoms with van der Waals surface area (Å²) in [6.07, 6.45) is 5.24. The number of rotatable bonds is 3. The van der Waals surface area contributed by atoms with Gasteiger partial charge in [-0.25, -0.2) is 0 Å². The third kappa shape index (κ3) is 1.82. The highest BCUT2D eigenvalue weighted by Crippen LogP contribution is 2.07. The molecule has 10 heavy (non-hydrogen) atoms. The fraction of sp³-hybridized carbons (Fsp3) is 0.750. The number of hydrogen-bond acceptors (Lipinski definition) is 2. The van der Waals surface area contributed by atoms with Gasteiger partial charge in [-0.2, -0.15) is 0 Å². The van der Waals surface area contributed by atoms with Crippen LogP contribution in [-0.2, 0) is 0 Å². The Morgan fingerprint density at radius 1 is 1.50 bits per heavy atom. The first-order valence-corrected chi connectivity index (χ1v) is 3.84. The predicted molar refractivity (Wildman–Crippen MR) is 41.9 cm³/mol. The largest absolute Gasteiger partial charge is 0.396 e. The molecule has 1 aliphatic heterocycles. The van der Waals surface area contributed by atoms with E-state index < -0.39 is 0 Å².